The van der Waals surface area contributed by atoms with Crippen LogP contribution < -0.4 is 11.2 Å². The lowest BCUT2D eigenvalue weighted by Gasteiger charge is -2.19. The van der Waals surface area contributed by atoms with Crippen LogP contribution in [-0.4, -0.2) is 53.0 Å². The standard InChI is InChI=1S/C19H27N2O15P3/c1-11-4-3-5-12(2)14(11)9-32-8-13-7-21(19(24)20-18(13)23)17-6-15(22)16(34-17)10-33-38(28,29)36-39(30,31)35-37(25,26)27/h3-5,7,15-17,22H,6,8-10H2,1-2H3,(H,28,29)(H,30,31)(H,20,23,24)(H2,25,26,27)/t15-,16-,17-/m1/s1. The molecule has 3 rings (SSSR count). The molecule has 6 N–H and O–H groups in total. The number of aryl methyl sites for hydroxylation is 2. The van der Waals surface area contributed by atoms with Crippen molar-refractivity contribution in [3.05, 3.63) is 67.5 Å². The van der Waals surface area contributed by atoms with E-state index in [9.17, 15) is 38.2 Å². The fourth-order valence-corrected chi connectivity index (χ4v) is 6.72. The van der Waals surface area contributed by atoms with Crippen molar-refractivity contribution in [2.45, 2.75) is 51.9 Å². The molecule has 1 aliphatic heterocycles. The second-order valence-electron chi connectivity index (χ2n) is 8.50. The summed E-state index contributed by atoms with van der Waals surface area (Å²) in [6.45, 7) is 2.97. The molecule has 1 aromatic carbocycles. The predicted molar refractivity (Wildman–Crippen MR) is 130 cm³/mol. The van der Waals surface area contributed by atoms with Crippen LogP contribution in [0.4, 0.5) is 0 Å². The van der Waals surface area contributed by atoms with E-state index >= 15 is 0 Å². The summed E-state index contributed by atoms with van der Waals surface area (Å²) in [6, 6.07) is 5.74. The van der Waals surface area contributed by atoms with Crippen LogP contribution in [0, 0.1) is 13.8 Å². The van der Waals surface area contributed by atoms with Crippen molar-refractivity contribution in [2.24, 2.45) is 0 Å². The van der Waals surface area contributed by atoms with Gasteiger partial charge in [0.1, 0.15) is 12.3 Å². The van der Waals surface area contributed by atoms with Crippen LogP contribution in [0.1, 0.15) is 34.9 Å². The number of phosphoric acid groups is 3. The summed E-state index contributed by atoms with van der Waals surface area (Å²) in [5.74, 6) is 0. The maximum atomic E-state index is 12.4. The Morgan fingerprint density at radius 3 is 2.28 bits per heavy atom. The molecule has 1 fully saturated rings. The van der Waals surface area contributed by atoms with E-state index in [4.69, 9.17) is 19.3 Å². The number of rotatable bonds is 12. The zero-order valence-electron chi connectivity index (χ0n) is 20.5. The third-order valence-corrected chi connectivity index (χ3v) is 9.32. The zero-order valence-corrected chi connectivity index (χ0v) is 23.2. The number of hydrogen-bond donors (Lipinski definition) is 6. The average Bonchev–Trinajstić information content (AvgIpc) is 3.13. The van der Waals surface area contributed by atoms with Crippen molar-refractivity contribution >= 4 is 23.5 Å². The van der Waals surface area contributed by atoms with E-state index in [-0.39, 0.29) is 25.2 Å². The number of aromatic amines is 1. The van der Waals surface area contributed by atoms with Gasteiger partial charge in [-0.1, -0.05) is 18.2 Å². The maximum absolute atomic E-state index is 12.4. The highest BCUT2D eigenvalue weighted by molar-refractivity contribution is 7.66. The van der Waals surface area contributed by atoms with Crippen molar-refractivity contribution < 1.29 is 61.0 Å². The Kier molecular flexibility index (Phi) is 10.1. The van der Waals surface area contributed by atoms with Gasteiger partial charge >= 0.3 is 29.2 Å². The van der Waals surface area contributed by atoms with Crippen LogP contribution >= 0.6 is 23.5 Å². The largest absolute Gasteiger partial charge is 0.490 e. The van der Waals surface area contributed by atoms with Gasteiger partial charge in [0.25, 0.3) is 5.56 Å². The van der Waals surface area contributed by atoms with E-state index in [2.05, 4.69) is 18.1 Å². The molecule has 5 atom stereocenters. The number of benzene rings is 1. The molecule has 0 saturated carbocycles. The molecule has 2 aromatic rings. The third-order valence-electron chi connectivity index (χ3n) is 5.52. The summed E-state index contributed by atoms with van der Waals surface area (Å²) >= 11 is 0. The molecule has 218 valence electrons. The van der Waals surface area contributed by atoms with E-state index in [1.54, 1.807) is 0 Å². The van der Waals surface area contributed by atoms with Gasteiger partial charge in [-0.25, -0.2) is 18.5 Å². The van der Waals surface area contributed by atoms with Gasteiger partial charge in [-0.05, 0) is 30.5 Å². The van der Waals surface area contributed by atoms with Crippen LogP contribution in [0.15, 0.2) is 34.0 Å². The van der Waals surface area contributed by atoms with E-state index in [0.717, 1.165) is 21.3 Å². The lowest BCUT2D eigenvalue weighted by Crippen LogP contribution is -2.34. The van der Waals surface area contributed by atoms with Crippen molar-refractivity contribution in [3.8, 4) is 0 Å². The van der Waals surface area contributed by atoms with Gasteiger partial charge in [0.05, 0.1) is 31.5 Å². The molecule has 0 bridgehead atoms. The number of nitrogens with one attached hydrogen (secondary N) is 1. The summed E-state index contributed by atoms with van der Waals surface area (Å²) in [4.78, 5) is 62.7. The second kappa shape index (κ2) is 12.4. The van der Waals surface area contributed by atoms with Gasteiger partial charge in [0.15, 0.2) is 0 Å². The van der Waals surface area contributed by atoms with Gasteiger partial charge in [-0.15, -0.1) is 0 Å². The summed E-state index contributed by atoms with van der Waals surface area (Å²) in [5, 5.41) is 10.3. The van der Waals surface area contributed by atoms with Crippen molar-refractivity contribution in [3.63, 3.8) is 0 Å². The van der Waals surface area contributed by atoms with Crippen LogP contribution in [0.2, 0.25) is 0 Å². The molecular weight excluding hydrogens is 589 g/mol. The minimum absolute atomic E-state index is 0.0793. The number of phosphoric ester groups is 1. The minimum atomic E-state index is -5.72. The summed E-state index contributed by atoms with van der Waals surface area (Å²) < 4.78 is 57.9. The highest BCUT2D eigenvalue weighted by Crippen LogP contribution is 2.66. The SMILES string of the molecule is Cc1cccc(C)c1COCc1cn([C@H]2C[C@@H](O)[C@@H](COP(=O)(O)OP(=O)(O)OP(=O)(O)O)O2)c(=O)[nH]c1=O. The normalized spacial score (nSPS) is 22.9. The molecule has 17 nitrogen and oxygen atoms in total. The first-order valence-electron chi connectivity index (χ1n) is 11.1. The Bertz CT molecular complexity index is 1430. The first-order valence-corrected chi connectivity index (χ1v) is 15.6. The molecule has 39 heavy (non-hydrogen) atoms. The average molecular weight is 616 g/mol. The number of ether oxygens (including phenoxy) is 2. The Morgan fingerprint density at radius 2 is 1.67 bits per heavy atom. The summed E-state index contributed by atoms with van der Waals surface area (Å²) in [5.41, 5.74) is 1.47. The van der Waals surface area contributed by atoms with Crippen LogP contribution in [0.3, 0.4) is 0 Å². The number of H-pyrrole nitrogens is 1. The Balaban J connectivity index is 1.64. The zero-order chi connectivity index (χ0) is 29.2. The molecule has 1 saturated heterocycles. The van der Waals surface area contributed by atoms with E-state index in [1.165, 1.54) is 6.20 Å². The minimum Gasteiger partial charge on any atom is -0.390 e. The molecule has 2 heterocycles. The number of aliphatic hydroxyl groups excluding tert-OH is 1. The molecule has 0 aliphatic carbocycles. The molecule has 20 heteroatoms. The Labute approximate surface area is 220 Å². The number of aliphatic hydroxyl groups is 1. The molecule has 2 unspecified atom stereocenters. The first-order chi connectivity index (χ1) is 18.0. The molecule has 0 spiro atoms. The van der Waals surface area contributed by atoms with Crippen LogP contribution in [0.5, 0.6) is 0 Å². The second-order valence-corrected chi connectivity index (χ2v) is 12.9. The third kappa shape index (κ3) is 9.10. The molecule has 0 amide bonds. The molecular formula is C19H27N2O15P3. The van der Waals surface area contributed by atoms with Crippen LogP contribution in [-0.2, 0) is 49.5 Å². The highest BCUT2D eigenvalue weighted by Gasteiger charge is 2.43. The van der Waals surface area contributed by atoms with Gasteiger partial charge in [-0.3, -0.25) is 18.9 Å². The van der Waals surface area contributed by atoms with Gasteiger partial charge in [0, 0.05) is 12.6 Å². The molecule has 1 aliphatic rings. The Hall–Kier alpha value is -1.81. The van der Waals surface area contributed by atoms with Crippen molar-refractivity contribution in [2.75, 3.05) is 6.61 Å². The lowest BCUT2D eigenvalue weighted by molar-refractivity contribution is -0.0452. The maximum Gasteiger partial charge on any atom is 0.490 e. The number of aromatic nitrogens is 2. The monoisotopic (exact) mass is 616 g/mol. The fraction of sp³-hybridized carbons (Fsp3) is 0.474. The predicted octanol–water partition coefficient (Wildman–Crippen LogP) is 0.862. The number of hydrogen-bond acceptors (Lipinski definition) is 11. The van der Waals surface area contributed by atoms with E-state index in [0.29, 0.717) is 0 Å². The molecule has 1 aromatic heterocycles. The van der Waals surface area contributed by atoms with E-state index < -0.39 is 59.8 Å². The van der Waals surface area contributed by atoms with E-state index in [1.807, 2.05) is 32.0 Å². The van der Waals surface area contributed by atoms with Gasteiger partial charge < -0.3 is 34.2 Å². The highest BCUT2D eigenvalue weighted by atomic mass is 31.3. The van der Waals surface area contributed by atoms with Gasteiger partial charge in [0.2, 0.25) is 0 Å². The number of nitrogens with zero attached hydrogens (tertiary/aromatic N) is 1. The van der Waals surface area contributed by atoms with Crippen molar-refractivity contribution in [1.29, 1.82) is 0 Å². The quantitative estimate of drug-likeness (QED) is 0.181. The Morgan fingerprint density at radius 1 is 1.03 bits per heavy atom. The first kappa shape index (κ1) is 31.7. The molecule has 0 radical (unpaired) electrons. The van der Waals surface area contributed by atoms with Gasteiger partial charge in [-0.2, -0.15) is 8.62 Å². The summed E-state index contributed by atoms with van der Waals surface area (Å²) in [7, 11) is -16.7. The fourth-order valence-electron chi connectivity index (χ4n) is 3.69. The van der Waals surface area contributed by atoms with Crippen LogP contribution in [0.25, 0.3) is 0 Å². The smallest absolute Gasteiger partial charge is 0.390 e. The lowest BCUT2D eigenvalue weighted by atomic mass is 10.0. The van der Waals surface area contributed by atoms with Crippen molar-refractivity contribution in [1.82, 2.24) is 9.55 Å². The topological polar surface area (TPSA) is 253 Å². The summed E-state index contributed by atoms with van der Waals surface area (Å²) in [6.07, 6.45) is -2.92.